The highest BCUT2D eigenvalue weighted by molar-refractivity contribution is 5.52. The molecule has 0 radical (unpaired) electrons. The van der Waals surface area contributed by atoms with Crippen LogP contribution >= 0.6 is 0 Å². The van der Waals surface area contributed by atoms with E-state index in [1.807, 2.05) is 0 Å². The smallest absolute Gasteiger partial charge is 0.0664 e. The Morgan fingerprint density at radius 3 is 2.71 bits per heavy atom. The molecule has 0 spiro atoms. The monoisotopic (exact) mass is 236 g/mol. The van der Waals surface area contributed by atoms with Gasteiger partial charge in [0.2, 0.25) is 0 Å². The lowest BCUT2D eigenvalue weighted by Gasteiger charge is -2.20. The lowest BCUT2D eigenvalue weighted by atomic mass is 10.1. The lowest BCUT2D eigenvalue weighted by molar-refractivity contribution is 0.182. The molecule has 0 heterocycles. The van der Waals surface area contributed by atoms with Gasteiger partial charge in [-0.05, 0) is 44.9 Å². The third-order valence-electron chi connectivity index (χ3n) is 2.87. The van der Waals surface area contributed by atoms with Crippen molar-refractivity contribution in [2.45, 2.75) is 32.7 Å². The molecule has 0 fully saturated rings. The van der Waals surface area contributed by atoms with E-state index in [0.29, 0.717) is 12.6 Å². The van der Waals surface area contributed by atoms with Crippen LogP contribution in [-0.4, -0.2) is 26.3 Å². The molecular weight excluding hydrogens is 212 g/mol. The molecule has 0 aliphatic carbocycles. The second-order valence-corrected chi connectivity index (χ2v) is 4.55. The Bertz CT molecular complexity index is 339. The fourth-order valence-electron chi connectivity index (χ4n) is 1.96. The van der Waals surface area contributed by atoms with Gasteiger partial charge in [0.1, 0.15) is 0 Å². The van der Waals surface area contributed by atoms with Crippen molar-refractivity contribution in [1.29, 1.82) is 0 Å². The number of nitrogens with one attached hydrogen (secondary N) is 1. The lowest BCUT2D eigenvalue weighted by Crippen LogP contribution is -2.26. The van der Waals surface area contributed by atoms with Crippen molar-refractivity contribution >= 4 is 5.69 Å². The largest absolute Gasteiger partial charge is 0.383 e. The highest BCUT2D eigenvalue weighted by atomic mass is 16.5. The number of ether oxygens (including phenoxy) is 1. The van der Waals surface area contributed by atoms with Crippen LogP contribution in [0.4, 0.5) is 5.69 Å². The Kier molecular flexibility index (Phi) is 6.01. The van der Waals surface area contributed by atoms with E-state index in [-0.39, 0.29) is 0 Å². The third-order valence-corrected chi connectivity index (χ3v) is 2.87. The maximum absolute atomic E-state index is 5.55. The number of methoxy groups -OCH3 is 1. The van der Waals surface area contributed by atoms with Crippen molar-refractivity contribution in [1.82, 2.24) is 0 Å². The summed E-state index contributed by atoms with van der Waals surface area (Å²) in [6.45, 7) is 5.68. The summed E-state index contributed by atoms with van der Waals surface area (Å²) >= 11 is 0. The molecule has 0 amide bonds. The number of rotatable bonds is 7. The summed E-state index contributed by atoms with van der Waals surface area (Å²) in [5, 5.41) is 3.53. The van der Waals surface area contributed by atoms with Crippen molar-refractivity contribution < 1.29 is 4.74 Å². The molecule has 0 aliphatic heterocycles. The minimum atomic E-state index is 0.338. The number of anilines is 1. The summed E-state index contributed by atoms with van der Waals surface area (Å²) < 4.78 is 5.23. The molecule has 0 bridgehead atoms. The first-order chi connectivity index (χ1) is 8.17. The average molecular weight is 236 g/mol. The summed E-state index contributed by atoms with van der Waals surface area (Å²) in [6, 6.07) is 6.79. The fraction of sp³-hybridized carbons (Fsp3) is 0.571. The van der Waals surface area contributed by atoms with E-state index in [0.717, 1.165) is 19.4 Å². The summed E-state index contributed by atoms with van der Waals surface area (Å²) in [7, 11) is 1.74. The van der Waals surface area contributed by atoms with Crippen molar-refractivity contribution in [3.8, 4) is 0 Å². The molecule has 0 aromatic heterocycles. The van der Waals surface area contributed by atoms with Gasteiger partial charge in [0, 0.05) is 18.8 Å². The molecule has 3 N–H and O–H groups in total. The number of hydrogen-bond donors (Lipinski definition) is 2. The molecule has 0 saturated carbocycles. The van der Waals surface area contributed by atoms with Crippen LogP contribution in [0.1, 0.15) is 24.0 Å². The van der Waals surface area contributed by atoms with E-state index >= 15 is 0 Å². The van der Waals surface area contributed by atoms with Gasteiger partial charge in [0.05, 0.1) is 6.61 Å². The van der Waals surface area contributed by atoms with Crippen LogP contribution in [0.5, 0.6) is 0 Å². The minimum Gasteiger partial charge on any atom is -0.383 e. The average Bonchev–Trinajstić information content (AvgIpc) is 2.29. The second-order valence-electron chi connectivity index (χ2n) is 4.55. The van der Waals surface area contributed by atoms with Crippen LogP contribution in [-0.2, 0) is 4.74 Å². The molecule has 1 unspecified atom stereocenters. The van der Waals surface area contributed by atoms with Gasteiger partial charge in [-0.15, -0.1) is 0 Å². The van der Waals surface area contributed by atoms with E-state index in [9.17, 15) is 0 Å². The first kappa shape index (κ1) is 14.0. The summed E-state index contributed by atoms with van der Waals surface area (Å²) in [5.41, 5.74) is 9.30. The van der Waals surface area contributed by atoms with Crippen LogP contribution in [0.3, 0.4) is 0 Å². The van der Waals surface area contributed by atoms with Crippen molar-refractivity contribution in [3.05, 3.63) is 29.3 Å². The quantitative estimate of drug-likeness (QED) is 0.764. The first-order valence-electron chi connectivity index (χ1n) is 6.20. The van der Waals surface area contributed by atoms with Crippen molar-refractivity contribution in [2.24, 2.45) is 5.73 Å². The topological polar surface area (TPSA) is 47.3 Å². The van der Waals surface area contributed by atoms with Gasteiger partial charge in [-0.25, -0.2) is 0 Å². The highest BCUT2D eigenvalue weighted by Gasteiger charge is 2.09. The van der Waals surface area contributed by atoms with Gasteiger partial charge in [-0.3, -0.25) is 0 Å². The van der Waals surface area contributed by atoms with Crippen molar-refractivity contribution in [2.75, 3.05) is 25.6 Å². The number of nitrogens with two attached hydrogens (primary N) is 1. The zero-order valence-electron chi connectivity index (χ0n) is 11.1. The summed E-state index contributed by atoms with van der Waals surface area (Å²) in [6.07, 6.45) is 2.06. The number of hydrogen-bond acceptors (Lipinski definition) is 3. The maximum Gasteiger partial charge on any atom is 0.0664 e. The Hall–Kier alpha value is -1.06. The predicted molar refractivity (Wildman–Crippen MR) is 73.5 cm³/mol. The first-order valence-corrected chi connectivity index (χ1v) is 6.20. The van der Waals surface area contributed by atoms with E-state index in [1.54, 1.807) is 7.11 Å². The summed E-state index contributed by atoms with van der Waals surface area (Å²) in [4.78, 5) is 0. The van der Waals surface area contributed by atoms with Gasteiger partial charge in [-0.2, -0.15) is 0 Å². The maximum atomic E-state index is 5.55. The van der Waals surface area contributed by atoms with Crippen LogP contribution in [0, 0.1) is 13.8 Å². The van der Waals surface area contributed by atoms with Crippen LogP contribution in [0.25, 0.3) is 0 Å². The fourth-order valence-corrected chi connectivity index (χ4v) is 1.96. The summed E-state index contributed by atoms with van der Waals surface area (Å²) in [5.74, 6) is 0. The Balaban J connectivity index is 2.64. The zero-order valence-corrected chi connectivity index (χ0v) is 11.1. The second kappa shape index (κ2) is 7.30. The van der Waals surface area contributed by atoms with Crippen LogP contribution in [0.2, 0.25) is 0 Å². The highest BCUT2D eigenvalue weighted by Crippen LogP contribution is 2.18. The number of aryl methyl sites for hydroxylation is 2. The molecule has 96 valence electrons. The van der Waals surface area contributed by atoms with E-state index in [4.69, 9.17) is 10.5 Å². The van der Waals surface area contributed by atoms with Crippen LogP contribution in [0.15, 0.2) is 18.2 Å². The van der Waals surface area contributed by atoms with Crippen LogP contribution < -0.4 is 11.1 Å². The molecule has 3 nitrogen and oxygen atoms in total. The van der Waals surface area contributed by atoms with Gasteiger partial charge < -0.3 is 15.8 Å². The van der Waals surface area contributed by atoms with E-state index < -0.39 is 0 Å². The molecule has 0 saturated heterocycles. The van der Waals surface area contributed by atoms with Gasteiger partial charge in [0.25, 0.3) is 0 Å². The van der Waals surface area contributed by atoms with E-state index in [1.165, 1.54) is 16.8 Å². The molecule has 1 aromatic rings. The minimum absolute atomic E-state index is 0.338. The molecular formula is C14H24N2O. The Labute approximate surface area is 104 Å². The van der Waals surface area contributed by atoms with Gasteiger partial charge in [-0.1, -0.05) is 17.7 Å². The zero-order chi connectivity index (χ0) is 12.7. The molecule has 0 aliphatic rings. The molecule has 1 rings (SSSR count). The normalized spacial score (nSPS) is 12.5. The molecule has 17 heavy (non-hydrogen) atoms. The predicted octanol–water partition coefficient (Wildman–Crippen LogP) is 2.47. The van der Waals surface area contributed by atoms with Gasteiger partial charge in [0.15, 0.2) is 0 Å². The molecule has 3 heteroatoms. The standard InChI is InChI=1S/C14H24N2O/c1-11-6-7-14(12(2)9-11)16-13(10-17-3)5-4-8-15/h6-7,9,13,16H,4-5,8,10,15H2,1-3H3. The third kappa shape index (κ3) is 4.75. The Morgan fingerprint density at radius 1 is 1.35 bits per heavy atom. The number of benzene rings is 1. The van der Waals surface area contributed by atoms with E-state index in [2.05, 4.69) is 37.4 Å². The Morgan fingerprint density at radius 2 is 2.12 bits per heavy atom. The van der Waals surface area contributed by atoms with Gasteiger partial charge >= 0.3 is 0 Å². The molecule has 1 aromatic carbocycles. The van der Waals surface area contributed by atoms with Crippen molar-refractivity contribution in [3.63, 3.8) is 0 Å². The SMILES string of the molecule is COCC(CCCN)Nc1ccc(C)cc1C. The molecule has 1 atom stereocenters.